The highest BCUT2D eigenvalue weighted by molar-refractivity contribution is 6.21. The maximum Gasteiger partial charge on any atom is 0.337 e. The van der Waals surface area contributed by atoms with Gasteiger partial charge in [0.15, 0.2) is 0 Å². The van der Waals surface area contributed by atoms with Crippen LogP contribution in [0.5, 0.6) is 0 Å². The first-order chi connectivity index (χ1) is 11.1. The number of imide groups is 1. The quantitative estimate of drug-likeness (QED) is 0.606. The molecule has 122 valence electrons. The first-order valence-corrected chi connectivity index (χ1v) is 7.42. The van der Waals surface area contributed by atoms with Gasteiger partial charge in [-0.3, -0.25) is 4.79 Å². The molecule has 3 amide bonds. The predicted molar refractivity (Wildman–Crippen MR) is 81.2 cm³/mol. The van der Waals surface area contributed by atoms with E-state index in [0.717, 1.165) is 17.7 Å². The van der Waals surface area contributed by atoms with Crippen LogP contribution < -0.4 is 4.90 Å². The number of carbonyl (C=O) groups is 3. The molecule has 1 unspecified atom stereocenters. The fraction of sp³-hybridized carbons (Fsp3) is 0.438. The smallest absolute Gasteiger partial charge is 0.337 e. The molecule has 7 nitrogen and oxygen atoms in total. The monoisotopic (exact) mass is 318 g/mol. The van der Waals surface area contributed by atoms with Crippen LogP contribution in [0.1, 0.15) is 23.2 Å². The van der Waals surface area contributed by atoms with Gasteiger partial charge in [-0.2, -0.15) is 0 Å². The lowest BCUT2D eigenvalue weighted by molar-refractivity contribution is -0.121. The van der Waals surface area contributed by atoms with Crippen LogP contribution in [-0.2, 0) is 14.3 Å². The number of nitrogens with zero attached hydrogens (tertiary/aromatic N) is 2. The van der Waals surface area contributed by atoms with Crippen LogP contribution in [-0.4, -0.2) is 55.7 Å². The van der Waals surface area contributed by atoms with Gasteiger partial charge in [-0.1, -0.05) is 0 Å². The average molecular weight is 318 g/mol. The molecule has 23 heavy (non-hydrogen) atoms. The number of anilines is 1. The summed E-state index contributed by atoms with van der Waals surface area (Å²) in [5, 5.41) is 0. The predicted octanol–water partition coefficient (Wildman–Crippen LogP) is 1.42. The first kappa shape index (κ1) is 15.5. The number of methoxy groups -OCH3 is 2. The van der Waals surface area contributed by atoms with Gasteiger partial charge in [0.05, 0.1) is 25.0 Å². The molecule has 3 rings (SSSR count). The van der Waals surface area contributed by atoms with Gasteiger partial charge in [0.1, 0.15) is 6.04 Å². The summed E-state index contributed by atoms with van der Waals surface area (Å²) >= 11 is 0. The van der Waals surface area contributed by atoms with Crippen molar-refractivity contribution in [1.29, 1.82) is 0 Å². The molecular weight excluding hydrogens is 300 g/mol. The standard InChI is InChI=1S/C16H18N2O5/c1-22-9-13-14(19)18(16(21)17(13)11-7-8-11)12-5-3-10(4-6-12)15(20)23-2/h3-6,11,13H,7-9H2,1-2H3. The Morgan fingerprint density at radius 1 is 1.17 bits per heavy atom. The second-order valence-electron chi connectivity index (χ2n) is 5.60. The second-order valence-corrected chi connectivity index (χ2v) is 5.60. The zero-order valence-corrected chi connectivity index (χ0v) is 13.0. The Bertz CT molecular complexity index is 638. The molecule has 0 aromatic heterocycles. The van der Waals surface area contributed by atoms with Crippen molar-refractivity contribution in [2.24, 2.45) is 0 Å². The number of hydrogen-bond acceptors (Lipinski definition) is 5. The van der Waals surface area contributed by atoms with Gasteiger partial charge in [-0.25, -0.2) is 14.5 Å². The highest BCUT2D eigenvalue weighted by Crippen LogP contribution is 2.35. The Hall–Kier alpha value is -2.41. The zero-order valence-electron chi connectivity index (χ0n) is 13.0. The SMILES string of the molecule is COCC1C(=O)N(c2ccc(C(=O)OC)cc2)C(=O)N1C1CC1. The fourth-order valence-electron chi connectivity index (χ4n) is 2.79. The van der Waals surface area contributed by atoms with Crippen LogP contribution in [0.3, 0.4) is 0 Å². The van der Waals surface area contributed by atoms with E-state index in [1.165, 1.54) is 26.4 Å². The molecule has 0 spiro atoms. The van der Waals surface area contributed by atoms with Crippen molar-refractivity contribution in [3.8, 4) is 0 Å². The summed E-state index contributed by atoms with van der Waals surface area (Å²) < 4.78 is 9.74. The number of hydrogen-bond donors (Lipinski definition) is 0. The Labute approximate surface area is 133 Å². The maximum atomic E-state index is 12.6. The molecule has 1 saturated carbocycles. The number of carbonyl (C=O) groups excluding carboxylic acids is 3. The number of urea groups is 1. The molecule has 1 aliphatic heterocycles. The van der Waals surface area contributed by atoms with Crippen molar-refractivity contribution < 1.29 is 23.9 Å². The largest absolute Gasteiger partial charge is 0.465 e. The summed E-state index contributed by atoms with van der Waals surface area (Å²) in [6.07, 6.45) is 1.82. The summed E-state index contributed by atoms with van der Waals surface area (Å²) in [7, 11) is 2.81. The van der Waals surface area contributed by atoms with E-state index in [1.807, 2.05) is 0 Å². The van der Waals surface area contributed by atoms with Crippen LogP contribution >= 0.6 is 0 Å². The van der Waals surface area contributed by atoms with Gasteiger partial charge < -0.3 is 14.4 Å². The van der Waals surface area contributed by atoms with E-state index in [9.17, 15) is 14.4 Å². The van der Waals surface area contributed by atoms with E-state index in [1.54, 1.807) is 17.0 Å². The van der Waals surface area contributed by atoms with Crippen LogP contribution in [0, 0.1) is 0 Å². The van der Waals surface area contributed by atoms with Crippen LogP contribution in [0.15, 0.2) is 24.3 Å². The van der Waals surface area contributed by atoms with Crippen molar-refractivity contribution in [3.05, 3.63) is 29.8 Å². The highest BCUT2D eigenvalue weighted by atomic mass is 16.5. The van der Waals surface area contributed by atoms with Gasteiger partial charge in [0, 0.05) is 13.2 Å². The molecule has 1 atom stereocenters. The van der Waals surface area contributed by atoms with Crippen LogP contribution in [0.25, 0.3) is 0 Å². The van der Waals surface area contributed by atoms with Crippen molar-refractivity contribution in [3.63, 3.8) is 0 Å². The molecule has 1 aromatic carbocycles. The molecular formula is C16H18N2O5. The van der Waals surface area contributed by atoms with Gasteiger partial charge >= 0.3 is 12.0 Å². The number of benzene rings is 1. The Morgan fingerprint density at radius 2 is 1.83 bits per heavy atom. The minimum absolute atomic E-state index is 0.117. The fourth-order valence-corrected chi connectivity index (χ4v) is 2.79. The van der Waals surface area contributed by atoms with Gasteiger partial charge in [-0.05, 0) is 37.1 Å². The van der Waals surface area contributed by atoms with Crippen molar-refractivity contribution in [1.82, 2.24) is 4.90 Å². The number of rotatable bonds is 5. The highest BCUT2D eigenvalue weighted by Gasteiger charge is 2.51. The van der Waals surface area contributed by atoms with Crippen molar-refractivity contribution >= 4 is 23.6 Å². The van der Waals surface area contributed by atoms with E-state index < -0.39 is 12.0 Å². The van der Waals surface area contributed by atoms with Gasteiger partial charge in [0.25, 0.3) is 5.91 Å². The van der Waals surface area contributed by atoms with E-state index in [2.05, 4.69) is 4.74 Å². The molecule has 0 radical (unpaired) electrons. The third-order valence-electron chi connectivity index (χ3n) is 4.06. The Balaban J connectivity index is 1.88. The lowest BCUT2D eigenvalue weighted by Gasteiger charge is -2.20. The average Bonchev–Trinajstić information content (AvgIpc) is 3.35. The normalized spacial score (nSPS) is 21.0. The van der Waals surface area contributed by atoms with Crippen molar-refractivity contribution in [2.45, 2.75) is 24.9 Å². The molecule has 2 aliphatic rings. The van der Waals surface area contributed by atoms with Gasteiger partial charge in [-0.15, -0.1) is 0 Å². The third kappa shape index (κ3) is 2.68. The van der Waals surface area contributed by atoms with Crippen LogP contribution in [0.2, 0.25) is 0 Å². The zero-order chi connectivity index (χ0) is 16.6. The summed E-state index contributed by atoms with van der Waals surface area (Å²) in [6.45, 7) is 0.178. The van der Waals surface area contributed by atoms with Crippen molar-refractivity contribution in [2.75, 3.05) is 25.7 Å². The lowest BCUT2D eigenvalue weighted by atomic mass is 10.2. The molecule has 7 heteroatoms. The topological polar surface area (TPSA) is 76.1 Å². The number of ether oxygens (including phenoxy) is 2. The maximum absolute atomic E-state index is 12.6. The summed E-state index contributed by atoms with van der Waals surface area (Å²) in [5.41, 5.74) is 0.805. The Morgan fingerprint density at radius 3 is 2.35 bits per heavy atom. The summed E-state index contributed by atoms with van der Waals surface area (Å²) in [4.78, 5) is 39.5. The van der Waals surface area contributed by atoms with Crippen LogP contribution in [0.4, 0.5) is 10.5 Å². The minimum Gasteiger partial charge on any atom is -0.465 e. The molecule has 0 N–H and O–H groups in total. The molecule has 1 saturated heterocycles. The molecule has 2 fully saturated rings. The second kappa shape index (κ2) is 6.00. The third-order valence-corrected chi connectivity index (χ3v) is 4.06. The molecule has 1 heterocycles. The lowest BCUT2D eigenvalue weighted by Crippen LogP contribution is -2.39. The van der Waals surface area contributed by atoms with Gasteiger partial charge in [0.2, 0.25) is 0 Å². The molecule has 1 aromatic rings. The summed E-state index contributed by atoms with van der Waals surface area (Å²) in [5.74, 6) is -0.762. The number of amides is 3. The first-order valence-electron chi connectivity index (χ1n) is 7.42. The molecule has 0 bridgehead atoms. The summed E-state index contributed by atoms with van der Waals surface area (Å²) in [6, 6.07) is 5.42. The van der Waals surface area contributed by atoms with E-state index in [0.29, 0.717) is 11.3 Å². The van der Waals surface area contributed by atoms with E-state index >= 15 is 0 Å². The number of esters is 1. The van der Waals surface area contributed by atoms with E-state index in [4.69, 9.17) is 4.74 Å². The Kier molecular flexibility index (Phi) is 4.04. The molecule has 1 aliphatic carbocycles. The van der Waals surface area contributed by atoms with E-state index in [-0.39, 0.29) is 24.6 Å². The minimum atomic E-state index is -0.583.